The Morgan fingerprint density at radius 2 is 2.29 bits per heavy atom. The standard InChI is InChI=1S/C20H28N2O2/c1-13(2)14-5-4-6-15(9-14)19(23)21-10-16-17-11-22(3)12-20(17)8-7-18(16)24-20/h4-6,9,13,16-18H,7-8,10-12H2,1-3H3,(H,21,23)/t16-,17+,18+,20+/m0/s1. The fourth-order valence-electron chi connectivity index (χ4n) is 5.05. The number of carbonyl (C=O) groups is 1. The zero-order valence-electron chi connectivity index (χ0n) is 14.9. The molecule has 1 spiro atoms. The van der Waals surface area contributed by atoms with Crippen molar-refractivity contribution in [2.45, 2.75) is 44.3 Å². The van der Waals surface area contributed by atoms with Crippen molar-refractivity contribution in [3.8, 4) is 0 Å². The number of hydrogen-bond donors (Lipinski definition) is 1. The summed E-state index contributed by atoms with van der Waals surface area (Å²) in [6, 6.07) is 7.99. The molecule has 3 heterocycles. The molecule has 0 aromatic heterocycles. The first-order valence-corrected chi connectivity index (χ1v) is 9.23. The Hall–Kier alpha value is -1.39. The Morgan fingerprint density at radius 1 is 1.46 bits per heavy atom. The summed E-state index contributed by atoms with van der Waals surface area (Å²) in [5.74, 6) is 1.51. The smallest absolute Gasteiger partial charge is 0.251 e. The summed E-state index contributed by atoms with van der Waals surface area (Å²) in [7, 11) is 2.18. The molecule has 0 saturated carbocycles. The molecule has 4 heteroatoms. The lowest BCUT2D eigenvalue weighted by molar-refractivity contribution is 0.00472. The summed E-state index contributed by atoms with van der Waals surface area (Å²) in [4.78, 5) is 15.0. The SMILES string of the molecule is CC(C)c1cccc(C(=O)NC[C@H]2[C@H]3CN(C)C[C@]34CC[C@H]2O4)c1. The fraction of sp³-hybridized carbons (Fsp3) is 0.650. The van der Waals surface area contributed by atoms with Gasteiger partial charge in [-0.2, -0.15) is 0 Å². The van der Waals surface area contributed by atoms with E-state index in [0.717, 1.165) is 31.6 Å². The minimum absolute atomic E-state index is 0.0423. The van der Waals surface area contributed by atoms with Gasteiger partial charge in [0.15, 0.2) is 0 Å². The summed E-state index contributed by atoms with van der Waals surface area (Å²) in [6.07, 6.45) is 2.67. The van der Waals surface area contributed by atoms with Crippen molar-refractivity contribution >= 4 is 5.91 Å². The maximum absolute atomic E-state index is 12.6. The highest BCUT2D eigenvalue weighted by Crippen LogP contribution is 2.54. The second kappa shape index (κ2) is 5.85. The lowest BCUT2D eigenvalue weighted by Gasteiger charge is -2.29. The molecule has 0 unspecified atom stereocenters. The van der Waals surface area contributed by atoms with Crippen molar-refractivity contribution in [1.29, 1.82) is 0 Å². The summed E-state index contributed by atoms with van der Waals surface area (Å²) in [6.45, 7) is 7.18. The second-order valence-corrected chi connectivity index (χ2v) is 8.22. The molecule has 0 radical (unpaired) electrons. The van der Waals surface area contributed by atoms with Gasteiger partial charge in [-0.1, -0.05) is 26.0 Å². The van der Waals surface area contributed by atoms with E-state index in [2.05, 4.69) is 37.2 Å². The van der Waals surface area contributed by atoms with Gasteiger partial charge < -0.3 is 15.0 Å². The van der Waals surface area contributed by atoms with Crippen molar-refractivity contribution in [3.63, 3.8) is 0 Å². The molecule has 3 aliphatic rings. The van der Waals surface area contributed by atoms with E-state index in [1.165, 1.54) is 12.0 Å². The van der Waals surface area contributed by atoms with Crippen LogP contribution in [0.4, 0.5) is 0 Å². The molecule has 1 aromatic carbocycles. The van der Waals surface area contributed by atoms with Gasteiger partial charge in [-0.15, -0.1) is 0 Å². The van der Waals surface area contributed by atoms with E-state index in [-0.39, 0.29) is 11.5 Å². The number of fused-ring (bicyclic) bond motifs is 1. The number of likely N-dealkylation sites (tertiary alicyclic amines) is 1. The van der Waals surface area contributed by atoms with E-state index in [1.54, 1.807) is 0 Å². The first-order valence-electron chi connectivity index (χ1n) is 9.23. The van der Waals surface area contributed by atoms with Crippen LogP contribution in [-0.2, 0) is 4.74 Å². The molecule has 1 N–H and O–H groups in total. The number of amides is 1. The fourth-order valence-corrected chi connectivity index (χ4v) is 5.05. The molecule has 4 nitrogen and oxygen atoms in total. The number of likely N-dealkylation sites (N-methyl/N-ethyl adjacent to an activating group) is 1. The minimum atomic E-state index is 0.0423. The number of carbonyl (C=O) groups excluding carboxylic acids is 1. The second-order valence-electron chi connectivity index (χ2n) is 8.22. The van der Waals surface area contributed by atoms with Crippen molar-refractivity contribution < 1.29 is 9.53 Å². The normalized spacial score (nSPS) is 34.8. The first kappa shape index (κ1) is 16.1. The largest absolute Gasteiger partial charge is 0.370 e. The average Bonchev–Trinajstić information content (AvgIpc) is 3.19. The van der Waals surface area contributed by atoms with E-state index < -0.39 is 0 Å². The third-order valence-corrected chi connectivity index (χ3v) is 6.27. The number of benzene rings is 1. The Balaban J connectivity index is 1.42. The number of nitrogens with zero attached hydrogens (tertiary/aromatic N) is 1. The molecule has 3 aliphatic heterocycles. The summed E-state index contributed by atoms with van der Waals surface area (Å²) < 4.78 is 6.36. The zero-order chi connectivity index (χ0) is 16.9. The molecule has 130 valence electrons. The van der Waals surface area contributed by atoms with Gasteiger partial charge >= 0.3 is 0 Å². The number of hydrogen-bond acceptors (Lipinski definition) is 3. The van der Waals surface area contributed by atoms with E-state index in [9.17, 15) is 4.79 Å². The molecule has 4 rings (SSSR count). The highest BCUT2D eigenvalue weighted by Gasteiger charge is 2.62. The van der Waals surface area contributed by atoms with Crippen LogP contribution in [0, 0.1) is 11.8 Å². The van der Waals surface area contributed by atoms with Crippen LogP contribution in [0.1, 0.15) is 48.5 Å². The van der Waals surface area contributed by atoms with Crippen LogP contribution in [0.3, 0.4) is 0 Å². The monoisotopic (exact) mass is 328 g/mol. The van der Waals surface area contributed by atoms with Gasteiger partial charge in [-0.3, -0.25) is 4.79 Å². The summed E-state index contributed by atoms with van der Waals surface area (Å²) in [5.41, 5.74) is 2.05. The van der Waals surface area contributed by atoms with Crippen molar-refractivity contribution in [2.75, 3.05) is 26.7 Å². The van der Waals surface area contributed by atoms with E-state index in [0.29, 0.717) is 23.9 Å². The van der Waals surface area contributed by atoms with Crippen molar-refractivity contribution in [3.05, 3.63) is 35.4 Å². The summed E-state index contributed by atoms with van der Waals surface area (Å²) >= 11 is 0. The van der Waals surface area contributed by atoms with Crippen LogP contribution in [0.15, 0.2) is 24.3 Å². The zero-order valence-corrected chi connectivity index (χ0v) is 14.9. The van der Waals surface area contributed by atoms with Gasteiger partial charge in [0.25, 0.3) is 5.91 Å². The summed E-state index contributed by atoms with van der Waals surface area (Å²) in [5, 5.41) is 3.18. The van der Waals surface area contributed by atoms with Crippen LogP contribution in [0.5, 0.6) is 0 Å². The molecule has 3 saturated heterocycles. The third-order valence-electron chi connectivity index (χ3n) is 6.27. The van der Waals surface area contributed by atoms with E-state index in [1.807, 2.05) is 18.2 Å². The number of rotatable bonds is 4. The highest BCUT2D eigenvalue weighted by molar-refractivity contribution is 5.94. The minimum Gasteiger partial charge on any atom is -0.370 e. The molecule has 2 bridgehead atoms. The molecule has 24 heavy (non-hydrogen) atoms. The quantitative estimate of drug-likeness (QED) is 0.924. The van der Waals surface area contributed by atoms with Gasteiger partial charge in [0.1, 0.15) is 0 Å². The lowest BCUT2D eigenvalue weighted by atomic mass is 9.73. The van der Waals surface area contributed by atoms with Crippen molar-refractivity contribution in [1.82, 2.24) is 10.2 Å². The van der Waals surface area contributed by atoms with Gasteiger partial charge in [-0.05, 0) is 43.5 Å². The maximum atomic E-state index is 12.6. The Bertz CT molecular complexity index is 644. The average molecular weight is 328 g/mol. The van der Waals surface area contributed by atoms with E-state index in [4.69, 9.17) is 4.74 Å². The molecule has 3 fully saturated rings. The Morgan fingerprint density at radius 3 is 3.08 bits per heavy atom. The van der Waals surface area contributed by atoms with Crippen LogP contribution in [0.25, 0.3) is 0 Å². The molecular formula is C20H28N2O2. The third kappa shape index (κ3) is 2.56. The van der Waals surface area contributed by atoms with Gasteiger partial charge in [0.2, 0.25) is 0 Å². The predicted molar refractivity (Wildman–Crippen MR) is 94.2 cm³/mol. The molecule has 1 aromatic rings. The Labute approximate surface area is 144 Å². The van der Waals surface area contributed by atoms with Crippen molar-refractivity contribution in [2.24, 2.45) is 11.8 Å². The van der Waals surface area contributed by atoms with Gasteiger partial charge in [0.05, 0.1) is 11.7 Å². The lowest BCUT2D eigenvalue weighted by Crippen LogP contribution is -2.41. The maximum Gasteiger partial charge on any atom is 0.251 e. The van der Waals surface area contributed by atoms with Crippen LogP contribution in [-0.4, -0.2) is 49.2 Å². The van der Waals surface area contributed by atoms with Crippen LogP contribution in [0.2, 0.25) is 0 Å². The number of ether oxygens (including phenoxy) is 1. The topological polar surface area (TPSA) is 41.6 Å². The molecule has 0 aliphatic carbocycles. The predicted octanol–water partition coefficient (Wildman–Crippen LogP) is 2.65. The van der Waals surface area contributed by atoms with Crippen LogP contribution >= 0.6 is 0 Å². The molecular weight excluding hydrogens is 300 g/mol. The molecule has 4 atom stereocenters. The number of nitrogens with one attached hydrogen (secondary N) is 1. The Kier molecular flexibility index (Phi) is 3.92. The van der Waals surface area contributed by atoms with Gasteiger partial charge in [0, 0.05) is 37.0 Å². The van der Waals surface area contributed by atoms with E-state index >= 15 is 0 Å². The molecule has 1 amide bonds. The van der Waals surface area contributed by atoms with Gasteiger partial charge in [-0.25, -0.2) is 0 Å². The first-order chi connectivity index (χ1) is 11.5. The van der Waals surface area contributed by atoms with Crippen LogP contribution < -0.4 is 5.32 Å². The highest BCUT2D eigenvalue weighted by atomic mass is 16.5.